The molecule has 0 bridgehead atoms. The average Bonchev–Trinajstić information content (AvgIpc) is 2.03. The van der Waals surface area contributed by atoms with Gasteiger partial charge in [0.1, 0.15) is 0 Å². The average molecular weight is 188 g/mol. The molecule has 0 heterocycles. The first kappa shape index (κ1) is 12.4. The molecule has 3 nitrogen and oxygen atoms in total. The quantitative estimate of drug-likeness (QED) is 0.601. The second-order valence-electron chi connectivity index (χ2n) is 3.64. The Labute approximate surface area is 79.8 Å². The van der Waals surface area contributed by atoms with E-state index in [1.807, 2.05) is 0 Å². The van der Waals surface area contributed by atoms with Crippen LogP contribution in [-0.4, -0.2) is 22.3 Å². The molecule has 0 saturated carbocycles. The smallest absolute Gasteiger partial charge is 0.303 e. The lowest BCUT2D eigenvalue weighted by Crippen LogP contribution is -2.20. The molecule has 0 aliphatic rings. The van der Waals surface area contributed by atoms with Crippen LogP contribution in [0.15, 0.2) is 0 Å². The summed E-state index contributed by atoms with van der Waals surface area (Å²) in [6, 6.07) is 0. The van der Waals surface area contributed by atoms with Crippen LogP contribution in [0.1, 0.15) is 46.0 Å². The molecule has 0 amide bonds. The Morgan fingerprint density at radius 2 is 2.00 bits per heavy atom. The molecule has 0 aliphatic heterocycles. The first-order valence-corrected chi connectivity index (χ1v) is 4.97. The molecule has 0 fully saturated rings. The summed E-state index contributed by atoms with van der Waals surface area (Å²) in [5.41, 5.74) is 0. The fourth-order valence-electron chi connectivity index (χ4n) is 1.30. The molecule has 0 spiro atoms. The number of aliphatic hydroxyl groups excluding tert-OH is 1. The number of carboxylic acid groups (broad SMARTS) is 1. The molecule has 2 N–H and O–H groups in total. The van der Waals surface area contributed by atoms with Gasteiger partial charge in [-0.1, -0.05) is 33.1 Å². The largest absolute Gasteiger partial charge is 0.481 e. The predicted molar refractivity (Wildman–Crippen MR) is 51.6 cm³/mol. The summed E-state index contributed by atoms with van der Waals surface area (Å²) in [4.78, 5) is 10.3. The van der Waals surface area contributed by atoms with Crippen LogP contribution in [0.4, 0.5) is 0 Å². The van der Waals surface area contributed by atoms with Crippen LogP contribution in [0.5, 0.6) is 0 Å². The maximum atomic E-state index is 10.3. The summed E-state index contributed by atoms with van der Waals surface area (Å²) in [6.45, 7) is 3.89. The SMILES string of the molecule is CCCCCC(O)C(C)CC(=O)O. The van der Waals surface area contributed by atoms with Crippen molar-refractivity contribution >= 4 is 5.97 Å². The predicted octanol–water partition coefficient (Wildman–Crippen LogP) is 2.04. The van der Waals surface area contributed by atoms with Crippen molar-refractivity contribution in [1.29, 1.82) is 0 Å². The van der Waals surface area contributed by atoms with Crippen molar-refractivity contribution in [1.82, 2.24) is 0 Å². The highest BCUT2D eigenvalue weighted by molar-refractivity contribution is 5.67. The number of carboxylic acids is 1. The fraction of sp³-hybridized carbons (Fsp3) is 0.900. The van der Waals surface area contributed by atoms with E-state index in [0.29, 0.717) is 0 Å². The van der Waals surface area contributed by atoms with Crippen LogP contribution >= 0.6 is 0 Å². The number of hydrogen-bond acceptors (Lipinski definition) is 2. The van der Waals surface area contributed by atoms with Crippen LogP contribution in [0.25, 0.3) is 0 Å². The van der Waals surface area contributed by atoms with Crippen molar-refractivity contribution in [2.24, 2.45) is 5.92 Å². The van der Waals surface area contributed by atoms with E-state index in [0.717, 1.165) is 25.7 Å². The Kier molecular flexibility index (Phi) is 6.59. The van der Waals surface area contributed by atoms with Gasteiger partial charge in [0.05, 0.1) is 12.5 Å². The summed E-state index contributed by atoms with van der Waals surface area (Å²) in [5, 5.41) is 18.0. The molecule has 0 rings (SSSR count). The van der Waals surface area contributed by atoms with Gasteiger partial charge in [-0.25, -0.2) is 0 Å². The van der Waals surface area contributed by atoms with Crippen LogP contribution in [-0.2, 0) is 4.79 Å². The topological polar surface area (TPSA) is 57.5 Å². The molecular weight excluding hydrogens is 168 g/mol. The van der Waals surface area contributed by atoms with Gasteiger partial charge < -0.3 is 10.2 Å². The molecule has 2 unspecified atom stereocenters. The minimum absolute atomic E-state index is 0.0628. The number of carbonyl (C=O) groups is 1. The molecule has 0 aromatic heterocycles. The van der Waals surface area contributed by atoms with E-state index in [2.05, 4.69) is 6.92 Å². The Bertz CT molecular complexity index is 145. The van der Waals surface area contributed by atoms with Gasteiger partial charge >= 0.3 is 5.97 Å². The highest BCUT2D eigenvalue weighted by Gasteiger charge is 2.16. The zero-order valence-electron chi connectivity index (χ0n) is 8.49. The Morgan fingerprint density at radius 1 is 1.38 bits per heavy atom. The van der Waals surface area contributed by atoms with Crippen molar-refractivity contribution < 1.29 is 15.0 Å². The highest BCUT2D eigenvalue weighted by Crippen LogP contribution is 2.14. The molecule has 0 aromatic carbocycles. The molecule has 78 valence electrons. The second-order valence-corrected chi connectivity index (χ2v) is 3.64. The lowest BCUT2D eigenvalue weighted by Gasteiger charge is -2.16. The lowest BCUT2D eigenvalue weighted by molar-refractivity contribution is -0.139. The van der Waals surface area contributed by atoms with Gasteiger partial charge in [0, 0.05) is 0 Å². The molecule has 0 radical (unpaired) electrons. The summed E-state index contributed by atoms with van der Waals surface area (Å²) in [7, 11) is 0. The Hall–Kier alpha value is -0.570. The normalized spacial score (nSPS) is 15.3. The lowest BCUT2D eigenvalue weighted by atomic mass is 9.96. The summed E-state index contributed by atoms with van der Waals surface area (Å²) in [5.74, 6) is -0.962. The maximum absolute atomic E-state index is 10.3. The molecule has 2 atom stereocenters. The van der Waals surface area contributed by atoms with E-state index in [1.54, 1.807) is 6.92 Å². The number of aliphatic carboxylic acids is 1. The number of rotatable bonds is 7. The van der Waals surface area contributed by atoms with Gasteiger partial charge in [-0.3, -0.25) is 4.79 Å². The zero-order valence-corrected chi connectivity index (χ0v) is 8.49. The Balaban J connectivity index is 3.56. The number of unbranched alkanes of at least 4 members (excludes halogenated alkanes) is 2. The van der Waals surface area contributed by atoms with Gasteiger partial charge in [0.25, 0.3) is 0 Å². The van der Waals surface area contributed by atoms with Gasteiger partial charge in [-0.2, -0.15) is 0 Å². The first-order chi connectivity index (χ1) is 6.07. The van der Waals surface area contributed by atoms with Gasteiger partial charge in [-0.15, -0.1) is 0 Å². The van der Waals surface area contributed by atoms with E-state index in [4.69, 9.17) is 5.11 Å². The fourth-order valence-corrected chi connectivity index (χ4v) is 1.30. The molecule has 0 saturated heterocycles. The van der Waals surface area contributed by atoms with Crippen LogP contribution in [0.3, 0.4) is 0 Å². The van der Waals surface area contributed by atoms with Gasteiger partial charge in [0.2, 0.25) is 0 Å². The minimum atomic E-state index is -0.831. The molecular formula is C10H20O3. The van der Waals surface area contributed by atoms with E-state index < -0.39 is 12.1 Å². The summed E-state index contributed by atoms with van der Waals surface area (Å²) >= 11 is 0. The number of hydrogen-bond donors (Lipinski definition) is 2. The second kappa shape index (κ2) is 6.89. The molecule has 13 heavy (non-hydrogen) atoms. The van der Waals surface area contributed by atoms with E-state index in [1.165, 1.54) is 0 Å². The van der Waals surface area contributed by atoms with Crippen LogP contribution < -0.4 is 0 Å². The third-order valence-electron chi connectivity index (χ3n) is 2.26. The third kappa shape index (κ3) is 6.58. The van der Waals surface area contributed by atoms with E-state index >= 15 is 0 Å². The van der Waals surface area contributed by atoms with Gasteiger partial charge in [0.15, 0.2) is 0 Å². The third-order valence-corrected chi connectivity index (χ3v) is 2.26. The maximum Gasteiger partial charge on any atom is 0.303 e. The monoisotopic (exact) mass is 188 g/mol. The van der Waals surface area contributed by atoms with E-state index in [9.17, 15) is 9.90 Å². The van der Waals surface area contributed by atoms with Crippen molar-refractivity contribution in [2.75, 3.05) is 0 Å². The molecule has 0 aromatic rings. The summed E-state index contributed by atoms with van der Waals surface area (Å²) < 4.78 is 0. The van der Waals surface area contributed by atoms with Crippen LogP contribution in [0.2, 0.25) is 0 Å². The van der Waals surface area contributed by atoms with Crippen molar-refractivity contribution in [3.8, 4) is 0 Å². The van der Waals surface area contributed by atoms with E-state index in [-0.39, 0.29) is 12.3 Å². The van der Waals surface area contributed by atoms with Crippen LogP contribution in [0, 0.1) is 5.92 Å². The number of aliphatic hydroxyl groups is 1. The van der Waals surface area contributed by atoms with Crippen molar-refractivity contribution in [3.63, 3.8) is 0 Å². The minimum Gasteiger partial charge on any atom is -0.481 e. The molecule has 3 heteroatoms. The standard InChI is InChI=1S/C10H20O3/c1-3-4-5-6-9(11)8(2)7-10(12)13/h8-9,11H,3-7H2,1-2H3,(H,12,13). The highest BCUT2D eigenvalue weighted by atomic mass is 16.4. The molecule has 0 aliphatic carbocycles. The zero-order chi connectivity index (χ0) is 10.3. The summed E-state index contributed by atoms with van der Waals surface area (Å²) in [6.07, 6.45) is 3.55. The van der Waals surface area contributed by atoms with Crippen molar-refractivity contribution in [3.05, 3.63) is 0 Å². The first-order valence-electron chi connectivity index (χ1n) is 4.97. The van der Waals surface area contributed by atoms with Crippen molar-refractivity contribution in [2.45, 2.75) is 52.1 Å². The Morgan fingerprint density at radius 3 is 2.46 bits per heavy atom. The van der Waals surface area contributed by atoms with Gasteiger partial charge in [-0.05, 0) is 12.3 Å².